The van der Waals surface area contributed by atoms with Gasteiger partial charge in [-0.1, -0.05) is 6.07 Å². The summed E-state index contributed by atoms with van der Waals surface area (Å²) >= 11 is 0. The Morgan fingerprint density at radius 2 is 1.94 bits per heavy atom. The van der Waals surface area contributed by atoms with Crippen LogP contribution < -0.4 is 10.6 Å². The van der Waals surface area contributed by atoms with Gasteiger partial charge >= 0.3 is 0 Å². The van der Waals surface area contributed by atoms with Crippen molar-refractivity contribution in [3.05, 3.63) is 54.0 Å². The quantitative estimate of drug-likeness (QED) is 0.900. The Labute approximate surface area is 106 Å². The van der Waals surface area contributed by atoms with Gasteiger partial charge in [-0.2, -0.15) is 0 Å². The number of halogens is 1. The molecular weight excluding hydrogens is 229 g/mol. The molecule has 1 aromatic carbocycles. The molecule has 0 unspecified atom stereocenters. The molecule has 1 aromatic heterocycles. The summed E-state index contributed by atoms with van der Waals surface area (Å²) < 4.78 is 12.9. The SMILES string of the molecule is CCN(c1ccc(F)cc1)c1ncccc1CN. The third-order valence-corrected chi connectivity index (χ3v) is 2.80. The maximum absolute atomic E-state index is 12.9. The summed E-state index contributed by atoms with van der Waals surface area (Å²) in [4.78, 5) is 6.39. The van der Waals surface area contributed by atoms with E-state index in [0.29, 0.717) is 6.54 Å². The zero-order valence-electron chi connectivity index (χ0n) is 10.3. The van der Waals surface area contributed by atoms with E-state index in [-0.39, 0.29) is 5.82 Å². The minimum Gasteiger partial charge on any atom is -0.326 e. The Morgan fingerprint density at radius 1 is 1.22 bits per heavy atom. The van der Waals surface area contributed by atoms with E-state index in [1.807, 2.05) is 24.0 Å². The number of pyridine rings is 1. The largest absolute Gasteiger partial charge is 0.326 e. The molecular formula is C14H16FN3. The van der Waals surface area contributed by atoms with E-state index in [1.54, 1.807) is 18.3 Å². The molecule has 94 valence electrons. The highest BCUT2D eigenvalue weighted by Crippen LogP contribution is 2.26. The fraction of sp³-hybridized carbons (Fsp3) is 0.214. The van der Waals surface area contributed by atoms with Gasteiger partial charge in [0, 0.05) is 30.5 Å². The Hall–Kier alpha value is -1.94. The van der Waals surface area contributed by atoms with Gasteiger partial charge in [-0.25, -0.2) is 9.37 Å². The minimum absolute atomic E-state index is 0.241. The number of anilines is 2. The number of aromatic nitrogens is 1. The van der Waals surface area contributed by atoms with Gasteiger partial charge in [-0.3, -0.25) is 0 Å². The predicted molar refractivity (Wildman–Crippen MR) is 71.2 cm³/mol. The molecule has 0 radical (unpaired) electrons. The minimum atomic E-state index is -0.241. The molecule has 4 heteroatoms. The number of nitrogens with zero attached hydrogens (tertiary/aromatic N) is 2. The average molecular weight is 245 g/mol. The molecule has 0 saturated heterocycles. The maximum atomic E-state index is 12.9. The second-order valence-corrected chi connectivity index (χ2v) is 3.91. The second-order valence-electron chi connectivity index (χ2n) is 3.91. The van der Waals surface area contributed by atoms with Gasteiger partial charge in [-0.15, -0.1) is 0 Å². The molecule has 0 aliphatic heterocycles. The summed E-state index contributed by atoms with van der Waals surface area (Å²) in [5.74, 6) is 0.587. The molecule has 0 atom stereocenters. The van der Waals surface area contributed by atoms with Crippen molar-refractivity contribution >= 4 is 11.5 Å². The molecule has 0 aliphatic carbocycles. The molecule has 0 spiro atoms. The van der Waals surface area contributed by atoms with Crippen LogP contribution in [0.4, 0.5) is 15.9 Å². The van der Waals surface area contributed by atoms with E-state index in [9.17, 15) is 4.39 Å². The first-order valence-corrected chi connectivity index (χ1v) is 5.93. The first-order chi connectivity index (χ1) is 8.76. The van der Waals surface area contributed by atoms with Crippen LogP contribution in [-0.2, 0) is 6.54 Å². The summed E-state index contributed by atoms with van der Waals surface area (Å²) in [5.41, 5.74) is 7.60. The zero-order valence-corrected chi connectivity index (χ0v) is 10.3. The summed E-state index contributed by atoms with van der Waals surface area (Å²) in [6.45, 7) is 3.20. The summed E-state index contributed by atoms with van der Waals surface area (Å²) in [7, 11) is 0. The van der Waals surface area contributed by atoms with Crippen molar-refractivity contribution in [3.8, 4) is 0 Å². The monoisotopic (exact) mass is 245 g/mol. The molecule has 0 bridgehead atoms. The van der Waals surface area contributed by atoms with Gasteiger partial charge < -0.3 is 10.6 Å². The van der Waals surface area contributed by atoms with Crippen LogP contribution in [0.2, 0.25) is 0 Å². The van der Waals surface area contributed by atoms with Crippen molar-refractivity contribution in [3.63, 3.8) is 0 Å². The first-order valence-electron chi connectivity index (χ1n) is 5.93. The highest BCUT2D eigenvalue weighted by molar-refractivity contribution is 5.62. The molecule has 0 fully saturated rings. The Balaban J connectivity index is 2.41. The van der Waals surface area contributed by atoms with Crippen LogP contribution in [0.25, 0.3) is 0 Å². The van der Waals surface area contributed by atoms with Crippen molar-refractivity contribution in [1.29, 1.82) is 0 Å². The van der Waals surface area contributed by atoms with Gasteiger partial charge in [0.15, 0.2) is 0 Å². The number of benzene rings is 1. The lowest BCUT2D eigenvalue weighted by Crippen LogP contribution is -2.20. The lowest BCUT2D eigenvalue weighted by atomic mass is 10.2. The molecule has 18 heavy (non-hydrogen) atoms. The van der Waals surface area contributed by atoms with Crippen molar-refractivity contribution in [2.45, 2.75) is 13.5 Å². The van der Waals surface area contributed by atoms with E-state index in [0.717, 1.165) is 23.6 Å². The van der Waals surface area contributed by atoms with Crippen LogP contribution >= 0.6 is 0 Å². The number of rotatable bonds is 4. The smallest absolute Gasteiger partial charge is 0.137 e. The van der Waals surface area contributed by atoms with Gasteiger partial charge in [0.1, 0.15) is 11.6 Å². The van der Waals surface area contributed by atoms with E-state index < -0.39 is 0 Å². The van der Waals surface area contributed by atoms with E-state index in [2.05, 4.69) is 4.98 Å². The molecule has 3 nitrogen and oxygen atoms in total. The van der Waals surface area contributed by atoms with Crippen molar-refractivity contribution in [1.82, 2.24) is 4.98 Å². The fourth-order valence-corrected chi connectivity index (χ4v) is 1.91. The Kier molecular flexibility index (Phi) is 3.89. The van der Waals surface area contributed by atoms with Crippen molar-refractivity contribution in [2.24, 2.45) is 5.73 Å². The molecule has 0 amide bonds. The lowest BCUT2D eigenvalue weighted by Gasteiger charge is -2.24. The topological polar surface area (TPSA) is 42.2 Å². The molecule has 2 aromatic rings. The van der Waals surface area contributed by atoms with Crippen LogP contribution in [0, 0.1) is 5.82 Å². The molecule has 2 rings (SSSR count). The van der Waals surface area contributed by atoms with Crippen LogP contribution in [0.3, 0.4) is 0 Å². The van der Waals surface area contributed by atoms with Crippen molar-refractivity contribution in [2.75, 3.05) is 11.4 Å². The molecule has 1 heterocycles. The normalized spacial score (nSPS) is 10.4. The van der Waals surface area contributed by atoms with Crippen molar-refractivity contribution < 1.29 is 4.39 Å². The molecule has 0 saturated carbocycles. The molecule has 2 N–H and O–H groups in total. The van der Waals surface area contributed by atoms with E-state index >= 15 is 0 Å². The van der Waals surface area contributed by atoms with Gasteiger partial charge in [0.05, 0.1) is 0 Å². The number of hydrogen-bond donors (Lipinski definition) is 1. The third-order valence-electron chi connectivity index (χ3n) is 2.80. The lowest BCUT2D eigenvalue weighted by molar-refractivity contribution is 0.627. The third kappa shape index (κ3) is 2.49. The van der Waals surface area contributed by atoms with Gasteiger partial charge in [0.2, 0.25) is 0 Å². The highest BCUT2D eigenvalue weighted by Gasteiger charge is 2.12. The van der Waals surface area contributed by atoms with Crippen LogP contribution in [-0.4, -0.2) is 11.5 Å². The summed E-state index contributed by atoms with van der Waals surface area (Å²) in [6, 6.07) is 10.2. The highest BCUT2D eigenvalue weighted by atomic mass is 19.1. The second kappa shape index (κ2) is 5.60. The number of nitrogens with two attached hydrogens (primary N) is 1. The van der Waals surface area contributed by atoms with Gasteiger partial charge in [0.25, 0.3) is 0 Å². The first kappa shape index (κ1) is 12.5. The Bertz CT molecular complexity index is 511. The maximum Gasteiger partial charge on any atom is 0.137 e. The number of hydrogen-bond acceptors (Lipinski definition) is 3. The van der Waals surface area contributed by atoms with Crippen LogP contribution in [0.1, 0.15) is 12.5 Å². The van der Waals surface area contributed by atoms with E-state index in [4.69, 9.17) is 5.73 Å². The van der Waals surface area contributed by atoms with Gasteiger partial charge in [-0.05, 0) is 37.3 Å². The standard InChI is InChI=1S/C14H16FN3/c1-2-18(13-7-5-12(15)6-8-13)14-11(10-16)4-3-9-17-14/h3-9H,2,10,16H2,1H3. The summed E-state index contributed by atoms with van der Waals surface area (Å²) in [6.07, 6.45) is 1.74. The van der Waals surface area contributed by atoms with Crippen LogP contribution in [0.5, 0.6) is 0 Å². The average Bonchev–Trinajstić information content (AvgIpc) is 2.42. The predicted octanol–water partition coefficient (Wildman–Crippen LogP) is 2.84. The zero-order chi connectivity index (χ0) is 13.0. The van der Waals surface area contributed by atoms with E-state index in [1.165, 1.54) is 12.1 Å². The fourth-order valence-electron chi connectivity index (χ4n) is 1.91. The molecule has 0 aliphatic rings. The Morgan fingerprint density at radius 3 is 2.56 bits per heavy atom. The summed E-state index contributed by atoms with van der Waals surface area (Å²) in [5, 5.41) is 0. The van der Waals surface area contributed by atoms with Crippen LogP contribution in [0.15, 0.2) is 42.6 Å².